The third kappa shape index (κ3) is 5.16. The zero-order chi connectivity index (χ0) is 14.6. The second-order valence-corrected chi connectivity index (χ2v) is 4.43. The summed E-state index contributed by atoms with van der Waals surface area (Å²) >= 11 is 11.6. The number of alkyl halides is 3. The molecular formula is C11H10Cl2F3NO2. The Morgan fingerprint density at radius 2 is 2.05 bits per heavy atom. The number of nitrogens with one attached hydrogen (secondary N) is 1. The highest BCUT2D eigenvalue weighted by molar-refractivity contribution is 6.42. The Balaban J connectivity index is 2.62. The van der Waals surface area contributed by atoms with Crippen molar-refractivity contribution in [1.29, 1.82) is 0 Å². The van der Waals surface area contributed by atoms with Crippen LogP contribution in [0, 0.1) is 0 Å². The lowest BCUT2D eigenvalue weighted by molar-refractivity contribution is -0.142. The highest BCUT2D eigenvalue weighted by Gasteiger charge is 2.29. The average molecular weight is 316 g/mol. The summed E-state index contributed by atoms with van der Waals surface area (Å²) in [4.78, 5) is 11.4. The van der Waals surface area contributed by atoms with E-state index in [2.05, 4.69) is 0 Å². The van der Waals surface area contributed by atoms with Crippen molar-refractivity contribution in [3.8, 4) is 5.75 Å². The quantitative estimate of drug-likeness (QED) is 0.924. The minimum absolute atomic E-state index is 0.0969. The number of halogens is 5. The van der Waals surface area contributed by atoms with Crippen LogP contribution in [-0.2, 0) is 4.79 Å². The van der Waals surface area contributed by atoms with E-state index in [4.69, 9.17) is 27.9 Å². The van der Waals surface area contributed by atoms with E-state index in [0.29, 0.717) is 0 Å². The van der Waals surface area contributed by atoms with E-state index in [0.717, 1.165) is 0 Å². The number of rotatable bonds is 4. The zero-order valence-corrected chi connectivity index (χ0v) is 11.2. The van der Waals surface area contributed by atoms with Gasteiger partial charge in [0, 0.05) is 0 Å². The van der Waals surface area contributed by atoms with Gasteiger partial charge < -0.3 is 10.1 Å². The molecule has 0 saturated carbocycles. The average Bonchev–Trinajstić information content (AvgIpc) is 2.31. The molecule has 0 saturated heterocycles. The molecule has 0 bridgehead atoms. The van der Waals surface area contributed by atoms with Crippen LogP contribution in [0.1, 0.15) is 6.92 Å². The molecule has 19 heavy (non-hydrogen) atoms. The van der Waals surface area contributed by atoms with Crippen molar-refractivity contribution in [2.24, 2.45) is 0 Å². The third-order valence-electron chi connectivity index (χ3n) is 2.05. The molecule has 1 N–H and O–H groups in total. The van der Waals surface area contributed by atoms with Crippen LogP contribution >= 0.6 is 23.2 Å². The molecular weight excluding hydrogens is 306 g/mol. The minimum atomic E-state index is -4.47. The molecule has 1 aromatic carbocycles. The van der Waals surface area contributed by atoms with Crippen molar-refractivity contribution in [1.82, 2.24) is 5.32 Å². The van der Waals surface area contributed by atoms with Crippen molar-refractivity contribution in [2.75, 3.05) is 6.54 Å². The van der Waals surface area contributed by atoms with Crippen molar-refractivity contribution in [3.05, 3.63) is 28.2 Å². The predicted molar refractivity (Wildman–Crippen MR) is 65.6 cm³/mol. The molecule has 0 aliphatic carbocycles. The number of hydrogen-bond acceptors (Lipinski definition) is 2. The van der Waals surface area contributed by atoms with Crippen LogP contribution in [0.4, 0.5) is 13.2 Å². The summed E-state index contributed by atoms with van der Waals surface area (Å²) in [5.74, 6) is -0.766. The Hall–Kier alpha value is -1.14. The summed E-state index contributed by atoms with van der Waals surface area (Å²) in [5.41, 5.74) is 0. The Morgan fingerprint density at radius 1 is 1.42 bits per heavy atom. The lowest BCUT2D eigenvalue weighted by Gasteiger charge is -2.16. The van der Waals surface area contributed by atoms with Crippen LogP contribution in [0.2, 0.25) is 10.0 Å². The summed E-state index contributed by atoms with van der Waals surface area (Å²) in [6.45, 7) is -0.105. The molecule has 8 heteroatoms. The van der Waals surface area contributed by atoms with Gasteiger partial charge in [-0.05, 0) is 19.1 Å². The molecule has 0 radical (unpaired) electrons. The second kappa shape index (κ2) is 6.34. The van der Waals surface area contributed by atoms with Gasteiger partial charge in [-0.3, -0.25) is 4.79 Å². The first-order valence-corrected chi connectivity index (χ1v) is 5.91. The summed E-state index contributed by atoms with van der Waals surface area (Å²) in [6, 6.07) is 4.52. The topological polar surface area (TPSA) is 38.3 Å². The predicted octanol–water partition coefficient (Wildman–Crippen LogP) is 3.44. The van der Waals surface area contributed by atoms with Gasteiger partial charge in [-0.15, -0.1) is 0 Å². The van der Waals surface area contributed by atoms with E-state index in [1.54, 1.807) is 11.4 Å². The molecule has 1 aromatic rings. The molecule has 3 nitrogen and oxygen atoms in total. The monoisotopic (exact) mass is 315 g/mol. The smallest absolute Gasteiger partial charge is 0.405 e. The van der Waals surface area contributed by atoms with Crippen LogP contribution in [0.3, 0.4) is 0 Å². The maximum atomic E-state index is 11.9. The van der Waals surface area contributed by atoms with Gasteiger partial charge in [0.2, 0.25) is 0 Å². The fourth-order valence-corrected chi connectivity index (χ4v) is 1.49. The largest absolute Gasteiger partial charge is 0.479 e. The molecule has 1 amide bonds. The first kappa shape index (κ1) is 15.9. The van der Waals surface area contributed by atoms with Gasteiger partial charge in [0.15, 0.2) is 6.10 Å². The minimum Gasteiger partial charge on any atom is -0.479 e. The maximum absolute atomic E-state index is 11.9. The first-order valence-electron chi connectivity index (χ1n) is 5.16. The Kier molecular flexibility index (Phi) is 5.31. The number of ether oxygens (including phenoxy) is 1. The molecule has 1 unspecified atom stereocenters. The molecule has 0 aliphatic heterocycles. The normalized spacial score (nSPS) is 12.9. The van der Waals surface area contributed by atoms with E-state index in [1.807, 2.05) is 0 Å². The van der Waals surface area contributed by atoms with Crippen molar-refractivity contribution in [2.45, 2.75) is 19.2 Å². The standard InChI is InChI=1S/C11H10Cl2F3NO2/c1-6(10(18)17-5-11(14,15)16)19-8-4-2-3-7(12)9(8)13/h2-4,6H,5H2,1H3,(H,17,18). The Bertz CT molecular complexity index is 466. The Morgan fingerprint density at radius 3 is 2.63 bits per heavy atom. The molecule has 0 fully saturated rings. The molecule has 0 heterocycles. The van der Waals surface area contributed by atoms with Gasteiger partial charge in [-0.2, -0.15) is 13.2 Å². The fourth-order valence-electron chi connectivity index (χ4n) is 1.15. The molecule has 106 valence electrons. The van der Waals surface area contributed by atoms with Crippen LogP contribution < -0.4 is 10.1 Å². The number of benzene rings is 1. The summed E-state index contributed by atoms with van der Waals surface area (Å²) in [7, 11) is 0. The fraction of sp³-hybridized carbons (Fsp3) is 0.364. The highest BCUT2D eigenvalue weighted by atomic mass is 35.5. The van der Waals surface area contributed by atoms with Gasteiger partial charge in [0.05, 0.1) is 5.02 Å². The molecule has 0 aromatic heterocycles. The number of carbonyl (C=O) groups excluding carboxylic acids is 1. The molecule has 0 spiro atoms. The second-order valence-electron chi connectivity index (χ2n) is 3.65. The van der Waals surface area contributed by atoms with E-state index in [9.17, 15) is 18.0 Å². The number of carbonyl (C=O) groups is 1. The molecule has 1 atom stereocenters. The first-order chi connectivity index (χ1) is 8.70. The Labute approximate surface area is 117 Å². The van der Waals surface area contributed by atoms with Crippen molar-refractivity contribution < 1.29 is 22.7 Å². The van der Waals surface area contributed by atoms with Crippen molar-refractivity contribution in [3.63, 3.8) is 0 Å². The summed E-state index contributed by atoms with van der Waals surface area (Å²) < 4.78 is 40.9. The highest BCUT2D eigenvalue weighted by Crippen LogP contribution is 2.32. The van der Waals surface area contributed by atoms with Gasteiger partial charge in [0.25, 0.3) is 5.91 Å². The van der Waals surface area contributed by atoms with Crippen LogP contribution in [0.15, 0.2) is 18.2 Å². The van der Waals surface area contributed by atoms with Gasteiger partial charge in [-0.25, -0.2) is 0 Å². The molecule has 0 aliphatic rings. The lowest BCUT2D eigenvalue weighted by Crippen LogP contribution is -2.41. The lowest BCUT2D eigenvalue weighted by atomic mass is 10.3. The maximum Gasteiger partial charge on any atom is 0.405 e. The van der Waals surface area contributed by atoms with E-state index in [-0.39, 0.29) is 15.8 Å². The van der Waals surface area contributed by atoms with E-state index >= 15 is 0 Å². The van der Waals surface area contributed by atoms with E-state index in [1.165, 1.54) is 19.1 Å². The van der Waals surface area contributed by atoms with Crippen LogP contribution in [-0.4, -0.2) is 24.7 Å². The van der Waals surface area contributed by atoms with Crippen LogP contribution in [0.5, 0.6) is 5.75 Å². The van der Waals surface area contributed by atoms with Gasteiger partial charge in [0.1, 0.15) is 17.3 Å². The van der Waals surface area contributed by atoms with Gasteiger partial charge >= 0.3 is 6.18 Å². The van der Waals surface area contributed by atoms with E-state index < -0.39 is 24.7 Å². The summed E-state index contributed by atoms with van der Waals surface area (Å²) in [6.07, 6.45) is -5.60. The van der Waals surface area contributed by atoms with Crippen molar-refractivity contribution >= 4 is 29.1 Å². The SMILES string of the molecule is CC(Oc1cccc(Cl)c1Cl)C(=O)NCC(F)(F)F. The number of hydrogen-bond donors (Lipinski definition) is 1. The summed E-state index contributed by atoms with van der Waals surface area (Å²) in [5, 5.41) is 2.03. The molecule has 1 rings (SSSR count). The zero-order valence-electron chi connectivity index (χ0n) is 9.72. The third-order valence-corrected chi connectivity index (χ3v) is 2.85. The van der Waals surface area contributed by atoms with Gasteiger partial charge in [-0.1, -0.05) is 29.3 Å². The number of amides is 1. The van der Waals surface area contributed by atoms with Crippen LogP contribution in [0.25, 0.3) is 0 Å².